The smallest absolute Gasteiger partial charge is 0.348 e. The second kappa shape index (κ2) is 5.29. The topological polar surface area (TPSA) is 120 Å². The first-order valence-corrected chi connectivity index (χ1v) is 6.11. The number of rotatable bonds is 2. The third-order valence-electron chi connectivity index (χ3n) is 2.79. The highest BCUT2D eigenvalue weighted by Gasteiger charge is 2.39. The molecule has 0 bridgehead atoms. The van der Waals surface area contributed by atoms with Crippen LogP contribution in [0.1, 0.15) is 25.0 Å². The third kappa shape index (κ3) is 2.78. The van der Waals surface area contributed by atoms with Crippen LogP contribution in [0.4, 0.5) is 5.69 Å². The maximum atomic E-state index is 11.8. The number of hydrogen-bond acceptors (Lipinski definition) is 7. The van der Waals surface area contributed by atoms with Crippen LogP contribution in [0.5, 0.6) is 0 Å². The fraction of sp³-hybridized carbons (Fsp3) is 0.214. The van der Waals surface area contributed by atoms with E-state index in [2.05, 4.69) is 0 Å². The average Bonchev–Trinajstić information content (AvgIpc) is 2.41. The van der Waals surface area contributed by atoms with Crippen LogP contribution in [0, 0.1) is 21.4 Å². The molecule has 1 aliphatic heterocycles. The molecule has 0 atom stereocenters. The molecule has 0 radical (unpaired) electrons. The van der Waals surface area contributed by atoms with Crippen LogP contribution in [0.15, 0.2) is 23.8 Å². The summed E-state index contributed by atoms with van der Waals surface area (Å²) in [6.07, 6.45) is 0.985. The number of carbonyl (C=O) groups excluding carboxylic acids is 2. The van der Waals surface area contributed by atoms with Gasteiger partial charge < -0.3 is 9.47 Å². The van der Waals surface area contributed by atoms with Gasteiger partial charge in [-0.3, -0.25) is 10.1 Å². The van der Waals surface area contributed by atoms with Crippen molar-refractivity contribution in [1.29, 1.82) is 5.26 Å². The molecule has 0 spiro atoms. The molecular weight excluding hydrogens is 292 g/mol. The lowest BCUT2D eigenvalue weighted by atomic mass is 10.0. The van der Waals surface area contributed by atoms with Gasteiger partial charge in [0, 0.05) is 13.8 Å². The molecule has 0 aromatic heterocycles. The largest absolute Gasteiger partial charge is 0.419 e. The summed E-state index contributed by atoms with van der Waals surface area (Å²) >= 11 is 0. The minimum absolute atomic E-state index is 0.0624. The van der Waals surface area contributed by atoms with Gasteiger partial charge in [-0.15, -0.1) is 0 Å². The molecule has 0 amide bonds. The van der Waals surface area contributed by atoms with E-state index >= 15 is 0 Å². The maximum absolute atomic E-state index is 11.8. The zero-order chi connectivity index (χ0) is 16.5. The van der Waals surface area contributed by atoms with Crippen molar-refractivity contribution in [3.63, 3.8) is 0 Å². The number of para-hydroxylation sites is 1. The Balaban J connectivity index is 2.55. The Kier molecular flexibility index (Phi) is 3.65. The average molecular weight is 302 g/mol. The van der Waals surface area contributed by atoms with Crippen molar-refractivity contribution in [2.45, 2.75) is 19.6 Å². The van der Waals surface area contributed by atoms with Crippen molar-refractivity contribution >= 4 is 23.7 Å². The van der Waals surface area contributed by atoms with Gasteiger partial charge >= 0.3 is 11.9 Å². The molecule has 1 fully saturated rings. The Bertz CT molecular complexity index is 735. The molecule has 1 saturated heterocycles. The molecule has 1 aliphatic rings. The molecule has 8 nitrogen and oxygen atoms in total. The normalized spacial score (nSPS) is 16.3. The van der Waals surface area contributed by atoms with Crippen molar-refractivity contribution in [2.24, 2.45) is 0 Å². The van der Waals surface area contributed by atoms with E-state index in [1.165, 1.54) is 32.0 Å². The number of hydrogen-bond donors (Lipinski definition) is 0. The summed E-state index contributed by atoms with van der Waals surface area (Å²) in [5, 5.41) is 20.0. The molecule has 0 unspecified atom stereocenters. The Morgan fingerprint density at radius 1 is 1.27 bits per heavy atom. The van der Waals surface area contributed by atoms with E-state index in [9.17, 15) is 19.7 Å². The van der Waals surface area contributed by atoms with Crippen LogP contribution in [0.2, 0.25) is 0 Å². The quantitative estimate of drug-likeness (QED) is 0.268. The van der Waals surface area contributed by atoms with Crippen molar-refractivity contribution in [3.8, 4) is 6.07 Å². The van der Waals surface area contributed by atoms with E-state index in [0.29, 0.717) is 0 Å². The summed E-state index contributed by atoms with van der Waals surface area (Å²) < 4.78 is 9.80. The van der Waals surface area contributed by atoms with Gasteiger partial charge in [0.2, 0.25) is 0 Å². The molecule has 0 saturated carbocycles. The Morgan fingerprint density at radius 3 is 2.36 bits per heavy atom. The lowest BCUT2D eigenvalue weighted by Gasteiger charge is -2.29. The van der Waals surface area contributed by atoms with E-state index in [1.54, 1.807) is 6.07 Å². The van der Waals surface area contributed by atoms with E-state index in [-0.39, 0.29) is 11.1 Å². The van der Waals surface area contributed by atoms with E-state index in [1.807, 2.05) is 0 Å². The number of ether oxygens (including phenoxy) is 2. The van der Waals surface area contributed by atoms with Crippen LogP contribution in [-0.4, -0.2) is 22.6 Å². The molecule has 2 rings (SSSR count). The highest BCUT2D eigenvalue weighted by molar-refractivity contribution is 6.19. The van der Waals surface area contributed by atoms with Gasteiger partial charge in [0.15, 0.2) is 0 Å². The van der Waals surface area contributed by atoms with Crippen LogP contribution in [0.25, 0.3) is 6.08 Å². The molecule has 8 heteroatoms. The first-order valence-electron chi connectivity index (χ1n) is 6.11. The third-order valence-corrected chi connectivity index (χ3v) is 2.79. The van der Waals surface area contributed by atoms with Gasteiger partial charge in [0.1, 0.15) is 17.2 Å². The number of carbonyl (C=O) groups is 2. The minimum Gasteiger partial charge on any atom is -0.419 e. The molecule has 1 heterocycles. The lowest BCUT2D eigenvalue weighted by molar-refractivity contribution is -0.385. The van der Waals surface area contributed by atoms with Crippen molar-refractivity contribution in [3.05, 3.63) is 45.0 Å². The van der Waals surface area contributed by atoms with Gasteiger partial charge in [0.05, 0.1) is 10.5 Å². The number of nitriles is 1. The molecule has 0 aliphatic carbocycles. The van der Waals surface area contributed by atoms with E-state index in [4.69, 9.17) is 14.7 Å². The second-order valence-corrected chi connectivity index (χ2v) is 4.85. The summed E-state index contributed by atoms with van der Waals surface area (Å²) in [6.45, 7) is 2.77. The van der Waals surface area contributed by atoms with Crippen molar-refractivity contribution < 1.29 is 24.0 Å². The fourth-order valence-electron chi connectivity index (χ4n) is 1.91. The number of nitrogens with zero attached hydrogens (tertiary/aromatic N) is 2. The number of benzene rings is 1. The van der Waals surface area contributed by atoms with Crippen molar-refractivity contribution in [2.75, 3.05) is 0 Å². The monoisotopic (exact) mass is 302 g/mol. The minimum atomic E-state index is -1.40. The molecular formula is C14H10N2O6. The number of cyclic esters (lactones) is 2. The summed E-state index contributed by atoms with van der Waals surface area (Å²) in [6, 6.07) is 5.67. The molecule has 112 valence electrons. The summed E-state index contributed by atoms with van der Waals surface area (Å²) in [5.74, 6) is -3.29. The standard InChI is InChI=1S/C14H10N2O6/c1-14(2)21-12(17)10(13(18)22-14)6-8-4-3-5-9(7-15)11(8)16(19)20/h3-6H,1-2H3. The highest BCUT2D eigenvalue weighted by Crippen LogP contribution is 2.29. The van der Waals surface area contributed by atoms with Crippen molar-refractivity contribution in [1.82, 2.24) is 0 Å². The van der Waals surface area contributed by atoms with Crippen LogP contribution < -0.4 is 0 Å². The first kappa shape index (κ1) is 15.2. The molecule has 22 heavy (non-hydrogen) atoms. The zero-order valence-corrected chi connectivity index (χ0v) is 11.7. The number of nitro benzene ring substituents is 1. The van der Waals surface area contributed by atoms with Crippen LogP contribution in [-0.2, 0) is 19.1 Å². The lowest BCUT2D eigenvalue weighted by Crippen LogP contribution is -2.41. The van der Waals surface area contributed by atoms with Gasteiger partial charge in [-0.05, 0) is 18.2 Å². The SMILES string of the molecule is CC1(C)OC(=O)C(=Cc2cccc(C#N)c2[N+](=O)[O-])C(=O)O1. The van der Waals surface area contributed by atoms with E-state index < -0.39 is 33.9 Å². The second-order valence-electron chi connectivity index (χ2n) is 4.85. The summed E-state index contributed by atoms with van der Waals surface area (Å²) in [7, 11) is 0. The van der Waals surface area contributed by atoms with Gasteiger partial charge in [-0.25, -0.2) is 9.59 Å². The van der Waals surface area contributed by atoms with Crippen LogP contribution >= 0.6 is 0 Å². The summed E-state index contributed by atoms with van der Waals surface area (Å²) in [4.78, 5) is 34.0. The predicted molar refractivity (Wildman–Crippen MR) is 72.1 cm³/mol. The zero-order valence-electron chi connectivity index (χ0n) is 11.7. The Morgan fingerprint density at radius 2 is 1.86 bits per heavy atom. The number of esters is 2. The van der Waals surface area contributed by atoms with Gasteiger partial charge in [-0.2, -0.15) is 5.26 Å². The predicted octanol–water partition coefficient (Wildman–Crippen LogP) is 1.69. The Hall–Kier alpha value is -3.21. The van der Waals surface area contributed by atoms with E-state index in [0.717, 1.165) is 6.08 Å². The van der Waals surface area contributed by atoms with Gasteiger partial charge in [0.25, 0.3) is 11.5 Å². The summed E-state index contributed by atoms with van der Waals surface area (Å²) in [5.41, 5.74) is -1.22. The van der Waals surface area contributed by atoms with Gasteiger partial charge in [-0.1, -0.05) is 6.07 Å². The maximum Gasteiger partial charge on any atom is 0.348 e. The fourth-order valence-corrected chi connectivity index (χ4v) is 1.91. The molecule has 1 aromatic rings. The van der Waals surface area contributed by atoms with Crippen LogP contribution in [0.3, 0.4) is 0 Å². The highest BCUT2D eigenvalue weighted by atomic mass is 16.7. The Labute approximate surface area is 124 Å². The molecule has 0 N–H and O–H groups in total. The number of nitro groups is 1. The molecule has 1 aromatic carbocycles. The first-order chi connectivity index (χ1) is 10.2.